The number of methoxy groups -OCH3 is 1. The molecule has 1 aliphatic carbocycles. The van der Waals surface area contributed by atoms with Crippen LogP contribution >= 0.6 is 0 Å². The predicted molar refractivity (Wildman–Crippen MR) is 193 cm³/mol. The molecule has 0 saturated carbocycles. The van der Waals surface area contributed by atoms with E-state index in [0.29, 0.717) is 0 Å². The van der Waals surface area contributed by atoms with Crippen molar-refractivity contribution in [2.75, 3.05) is 20.5 Å². The van der Waals surface area contributed by atoms with Crippen LogP contribution in [0.25, 0.3) is 0 Å². The summed E-state index contributed by atoms with van der Waals surface area (Å²) in [4.78, 5) is 0. The molecule has 0 saturated heterocycles. The molecule has 0 radical (unpaired) electrons. The van der Waals surface area contributed by atoms with Crippen molar-refractivity contribution in [1.29, 1.82) is 0 Å². The number of aliphatic hydroxyl groups is 1. The fourth-order valence-corrected chi connectivity index (χ4v) is 24.9. The molecule has 43 heavy (non-hydrogen) atoms. The first kappa shape index (κ1) is 41.1. The van der Waals surface area contributed by atoms with Crippen molar-refractivity contribution in [2.24, 2.45) is 17.8 Å². The molecular weight excluding hydrogens is 655 g/mol. The molecule has 252 valence electrons. The summed E-state index contributed by atoms with van der Waals surface area (Å²) >= 11 is -2.81. The number of unbranched alkanes of at least 4 members (excludes halogenated alkanes) is 3. The number of hydrogen-bond donors (Lipinski definition) is 1. The number of rotatable bonds is 21. The third kappa shape index (κ3) is 12.7. The second-order valence-corrected chi connectivity index (χ2v) is 33.5. The van der Waals surface area contributed by atoms with Crippen molar-refractivity contribution in [3.8, 4) is 0 Å². The Bertz CT molecular complexity index is 853. The Kier molecular flexibility index (Phi) is 18.8. The average Bonchev–Trinajstić information content (AvgIpc) is 2.93. The summed E-state index contributed by atoms with van der Waals surface area (Å²) in [5, 5.41) is 12.4. The maximum atomic E-state index is 12.2. The van der Waals surface area contributed by atoms with Gasteiger partial charge in [-0.05, 0) is 0 Å². The van der Waals surface area contributed by atoms with Crippen LogP contribution in [0, 0.1) is 17.8 Å². The van der Waals surface area contributed by atoms with Crippen LogP contribution in [0.5, 0.6) is 0 Å². The Hall–Kier alpha value is 0.0756. The molecule has 0 aromatic heterocycles. The van der Waals surface area contributed by atoms with Gasteiger partial charge in [-0.2, -0.15) is 0 Å². The maximum absolute atomic E-state index is 12.2. The molecule has 6 heteroatoms. The van der Waals surface area contributed by atoms with Crippen LogP contribution in [-0.2, 0) is 13.9 Å². The van der Waals surface area contributed by atoms with Gasteiger partial charge in [0.1, 0.15) is 0 Å². The Morgan fingerprint density at radius 3 is 2.07 bits per heavy atom. The van der Waals surface area contributed by atoms with Crippen LogP contribution < -0.4 is 0 Å². The Labute approximate surface area is 273 Å². The Morgan fingerprint density at radius 1 is 1.09 bits per heavy atom. The van der Waals surface area contributed by atoms with E-state index in [-0.39, 0.29) is 35.7 Å². The van der Waals surface area contributed by atoms with Crippen LogP contribution in [0.2, 0.25) is 31.4 Å². The van der Waals surface area contributed by atoms with Gasteiger partial charge in [-0.3, -0.25) is 0 Å². The molecule has 1 N–H and O–H groups in total. The first-order valence-electron chi connectivity index (χ1n) is 17.6. The topological polar surface area (TPSA) is 47.9 Å². The van der Waals surface area contributed by atoms with Crippen molar-refractivity contribution >= 4 is 26.7 Å². The summed E-state index contributed by atoms with van der Waals surface area (Å²) < 4.78 is 24.2. The van der Waals surface area contributed by atoms with Gasteiger partial charge in [0.25, 0.3) is 0 Å². The average molecular weight is 728 g/mol. The molecule has 5 atom stereocenters. The molecule has 0 aromatic rings. The second-order valence-electron chi connectivity index (χ2n) is 15.3. The number of allylic oxidation sites excluding steroid dienone is 2. The van der Waals surface area contributed by atoms with Gasteiger partial charge in [0.05, 0.1) is 0 Å². The van der Waals surface area contributed by atoms with Crippen LogP contribution in [0.3, 0.4) is 0 Å². The molecular formula is C37H72O4SiSn. The Balaban J connectivity index is 3.62. The number of ether oxygens (including phenoxy) is 2. The zero-order valence-electron chi connectivity index (χ0n) is 30.6. The molecule has 0 aromatic carbocycles. The zero-order valence-corrected chi connectivity index (χ0v) is 34.5. The van der Waals surface area contributed by atoms with E-state index in [1.165, 1.54) is 63.0 Å². The van der Waals surface area contributed by atoms with Crippen LogP contribution in [0.15, 0.2) is 33.5 Å². The van der Waals surface area contributed by atoms with Crippen molar-refractivity contribution < 1.29 is 19.0 Å². The van der Waals surface area contributed by atoms with E-state index in [1.807, 2.05) is 0 Å². The predicted octanol–water partition coefficient (Wildman–Crippen LogP) is 10.9. The third-order valence-corrected chi connectivity index (χ3v) is 31.6. The summed E-state index contributed by atoms with van der Waals surface area (Å²) in [6.45, 7) is 30.7. The minimum atomic E-state index is -2.81. The summed E-state index contributed by atoms with van der Waals surface area (Å²) in [6.07, 6.45) is 13.7. The van der Waals surface area contributed by atoms with Gasteiger partial charge in [-0.1, -0.05) is 0 Å². The van der Waals surface area contributed by atoms with E-state index >= 15 is 0 Å². The number of hydrogen-bond acceptors (Lipinski definition) is 4. The van der Waals surface area contributed by atoms with Crippen molar-refractivity contribution in [3.63, 3.8) is 0 Å². The van der Waals surface area contributed by atoms with Crippen LogP contribution in [0.4, 0.5) is 0 Å². The standard InChI is InChI=1S/C25H45O4Si.3C4H9.Sn/c1-18(2)21-15-19(3)16-23(28-17-27-8)24(21)20(4)22(26)13-11-12-14-29-30(9,10)25(5,6)7;3*1-3-4-2;/h13,16,20-24,26H,1,12,14-15,17H2,2-10H3;3*1,3-4H2,2H3;/t20-,21-,22?,23+,24?;;;;/m0..../s1. The summed E-state index contributed by atoms with van der Waals surface area (Å²) in [5.74, 6) is 0.472. The van der Waals surface area contributed by atoms with E-state index < -0.39 is 32.8 Å². The van der Waals surface area contributed by atoms with E-state index in [0.717, 1.165) is 19.4 Å². The van der Waals surface area contributed by atoms with Gasteiger partial charge >= 0.3 is 275 Å². The minimum absolute atomic E-state index is 0.0386. The summed E-state index contributed by atoms with van der Waals surface area (Å²) in [5.41, 5.74) is 2.51. The molecule has 2 unspecified atom stereocenters. The molecule has 0 fully saturated rings. The summed E-state index contributed by atoms with van der Waals surface area (Å²) in [7, 11) is -0.177. The second kappa shape index (κ2) is 19.7. The third-order valence-electron chi connectivity index (χ3n) is 10.7. The number of aliphatic hydroxyl groups excluding tert-OH is 1. The van der Waals surface area contributed by atoms with Gasteiger partial charge < -0.3 is 0 Å². The van der Waals surface area contributed by atoms with E-state index in [9.17, 15) is 5.11 Å². The fraction of sp³-hybridized carbons (Fsp3) is 0.838. The van der Waals surface area contributed by atoms with Crippen LogP contribution in [0.1, 0.15) is 114 Å². The van der Waals surface area contributed by atoms with Crippen molar-refractivity contribution in [1.82, 2.24) is 0 Å². The zero-order chi connectivity index (χ0) is 32.8. The fourth-order valence-electron chi connectivity index (χ4n) is 6.79. The van der Waals surface area contributed by atoms with Gasteiger partial charge in [0.2, 0.25) is 0 Å². The summed E-state index contributed by atoms with van der Waals surface area (Å²) in [6, 6.07) is 0. The van der Waals surface area contributed by atoms with Crippen molar-refractivity contribution in [2.45, 2.75) is 157 Å². The molecule has 0 spiro atoms. The molecule has 1 rings (SSSR count). The monoisotopic (exact) mass is 728 g/mol. The van der Waals surface area contributed by atoms with Crippen molar-refractivity contribution in [3.05, 3.63) is 33.5 Å². The SMILES string of the molecule is C=C(C)[C@@H]1CC(C)=C[C@@H](OCOC)C1[C@@H](C)C(O)/C=[C](\CCO[Si](C)(C)C(C)(C)C)[Sn]([CH2]CCC)([CH2]CCC)[CH2]CCC. The molecule has 0 heterocycles. The van der Waals surface area contributed by atoms with E-state index in [4.69, 9.17) is 13.9 Å². The molecule has 0 bridgehead atoms. The molecule has 0 aliphatic heterocycles. The Morgan fingerprint density at radius 2 is 1.63 bits per heavy atom. The first-order valence-corrected chi connectivity index (χ1v) is 28.0. The first-order chi connectivity index (χ1) is 20.1. The molecule has 1 aliphatic rings. The van der Waals surface area contributed by atoms with E-state index in [2.05, 4.69) is 94.1 Å². The quantitative estimate of drug-likeness (QED) is 0.0727. The van der Waals surface area contributed by atoms with Crippen LogP contribution in [-0.4, -0.2) is 64.5 Å². The van der Waals surface area contributed by atoms with E-state index in [1.54, 1.807) is 10.7 Å². The van der Waals surface area contributed by atoms with Gasteiger partial charge in [0, 0.05) is 0 Å². The van der Waals surface area contributed by atoms with Gasteiger partial charge in [-0.25, -0.2) is 0 Å². The molecule has 0 amide bonds. The normalized spacial score (nSPS) is 21.9. The molecule has 4 nitrogen and oxygen atoms in total. The van der Waals surface area contributed by atoms with Gasteiger partial charge in [0.15, 0.2) is 0 Å². The van der Waals surface area contributed by atoms with Gasteiger partial charge in [-0.15, -0.1) is 0 Å².